The van der Waals surface area contributed by atoms with Gasteiger partial charge in [0.2, 0.25) is 5.95 Å². The maximum absolute atomic E-state index is 6.09. The molecule has 2 fully saturated rings. The maximum atomic E-state index is 6.09. The summed E-state index contributed by atoms with van der Waals surface area (Å²) in [6, 6.07) is 6.24. The average molecular weight is 391 g/mol. The highest BCUT2D eigenvalue weighted by Gasteiger charge is 2.26. The zero-order valence-electron chi connectivity index (χ0n) is 14.9. The van der Waals surface area contributed by atoms with E-state index in [4.69, 9.17) is 23.2 Å². The molecule has 0 amide bonds. The van der Waals surface area contributed by atoms with E-state index in [0.29, 0.717) is 10.0 Å². The summed E-state index contributed by atoms with van der Waals surface area (Å²) in [4.78, 5) is 14.2. The smallest absolute Gasteiger partial charge is 0.225 e. The van der Waals surface area contributed by atoms with Gasteiger partial charge in [-0.1, -0.05) is 29.6 Å². The standard InChI is InChI=1S/C20H24Cl2N4/c21-17-10-15(11-18(22)12-17)16-13-23-20(24-14-16)26-8-4-19(5-9-26)25-6-2-1-3-7-25/h10-14,19H,1-9H2. The summed E-state index contributed by atoms with van der Waals surface area (Å²) < 4.78 is 0. The predicted molar refractivity (Wildman–Crippen MR) is 108 cm³/mol. The minimum atomic E-state index is 0.622. The third kappa shape index (κ3) is 4.13. The predicted octanol–water partition coefficient (Wildman–Crippen LogP) is 4.91. The summed E-state index contributed by atoms with van der Waals surface area (Å²) in [5.41, 5.74) is 1.87. The molecular weight excluding hydrogens is 367 g/mol. The Bertz CT molecular complexity index is 716. The summed E-state index contributed by atoms with van der Waals surface area (Å²) >= 11 is 12.2. The van der Waals surface area contributed by atoms with Crippen LogP contribution < -0.4 is 4.90 Å². The minimum Gasteiger partial charge on any atom is -0.341 e. The first-order valence-corrected chi connectivity index (χ1v) is 10.2. The molecule has 2 aliphatic heterocycles. The van der Waals surface area contributed by atoms with E-state index in [1.54, 1.807) is 6.07 Å². The van der Waals surface area contributed by atoms with E-state index in [1.807, 2.05) is 24.5 Å². The quantitative estimate of drug-likeness (QED) is 0.745. The van der Waals surface area contributed by atoms with Gasteiger partial charge >= 0.3 is 0 Å². The number of aromatic nitrogens is 2. The second-order valence-corrected chi connectivity index (χ2v) is 8.12. The van der Waals surface area contributed by atoms with Gasteiger partial charge in [0.25, 0.3) is 0 Å². The summed E-state index contributed by atoms with van der Waals surface area (Å²) in [5, 5.41) is 1.24. The van der Waals surface area contributed by atoms with Gasteiger partial charge in [0.15, 0.2) is 0 Å². The molecule has 0 aliphatic carbocycles. The van der Waals surface area contributed by atoms with Crippen molar-refractivity contribution >= 4 is 29.2 Å². The van der Waals surface area contributed by atoms with Gasteiger partial charge in [0, 0.05) is 47.1 Å². The van der Waals surface area contributed by atoms with E-state index in [9.17, 15) is 0 Å². The molecule has 0 bridgehead atoms. The molecule has 0 unspecified atom stereocenters. The van der Waals surface area contributed by atoms with Crippen LogP contribution in [0.15, 0.2) is 30.6 Å². The van der Waals surface area contributed by atoms with Crippen LogP contribution in [0.25, 0.3) is 11.1 Å². The van der Waals surface area contributed by atoms with Crippen LogP contribution in [0.3, 0.4) is 0 Å². The third-order valence-corrected chi connectivity index (χ3v) is 5.92. The van der Waals surface area contributed by atoms with Gasteiger partial charge in [-0.25, -0.2) is 9.97 Å². The molecule has 0 saturated carbocycles. The molecule has 0 atom stereocenters. The van der Waals surface area contributed by atoms with Crippen molar-refractivity contribution in [3.63, 3.8) is 0 Å². The van der Waals surface area contributed by atoms with Crippen LogP contribution >= 0.6 is 23.2 Å². The van der Waals surface area contributed by atoms with E-state index in [-0.39, 0.29) is 0 Å². The molecule has 3 heterocycles. The average Bonchev–Trinajstić information content (AvgIpc) is 2.68. The molecule has 26 heavy (non-hydrogen) atoms. The molecule has 0 N–H and O–H groups in total. The first-order valence-electron chi connectivity index (χ1n) is 9.46. The number of rotatable bonds is 3. The van der Waals surface area contributed by atoms with Crippen molar-refractivity contribution < 1.29 is 0 Å². The molecule has 0 radical (unpaired) electrons. The van der Waals surface area contributed by atoms with Crippen molar-refractivity contribution in [2.75, 3.05) is 31.1 Å². The minimum absolute atomic E-state index is 0.622. The Kier molecular flexibility index (Phi) is 5.63. The van der Waals surface area contributed by atoms with Crippen LogP contribution in [0, 0.1) is 0 Å². The van der Waals surface area contributed by atoms with Crippen molar-refractivity contribution in [1.29, 1.82) is 0 Å². The highest BCUT2D eigenvalue weighted by atomic mass is 35.5. The van der Waals surface area contributed by atoms with Crippen molar-refractivity contribution in [3.05, 3.63) is 40.6 Å². The van der Waals surface area contributed by atoms with Crippen molar-refractivity contribution in [3.8, 4) is 11.1 Å². The molecule has 2 saturated heterocycles. The highest BCUT2D eigenvalue weighted by molar-refractivity contribution is 6.35. The summed E-state index contributed by atoms with van der Waals surface area (Å²) in [6.45, 7) is 4.61. The van der Waals surface area contributed by atoms with Gasteiger partial charge in [0.05, 0.1) is 0 Å². The van der Waals surface area contributed by atoms with Crippen LogP contribution in [0.5, 0.6) is 0 Å². The first kappa shape index (κ1) is 18.0. The lowest BCUT2D eigenvalue weighted by Gasteiger charge is -2.40. The molecule has 2 aliphatic rings. The van der Waals surface area contributed by atoms with Gasteiger partial charge in [-0.3, -0.25) is 0 Å². The second-order valence-electron chi connectivity index (χ2n) is 7.24. The fourth-order valence-electron chi connectivity index (χ4n) is 4.07. The zero-order chi connectivity index (χ0) is 17.9. The topological polar surface area (TPSA) is 32.3 Å². The Hall–Kier alpha value is -1.36. The lowest BCUT2D eigenvalue weighted by molar-refractivity contribution is 0.141. The summed E-state index contributed by atoms with van der Waals surface area (Å²) in [6.07, 6.45) is 10.2. The van der Waals surface area contributed by atoms with Crippen molar-refractivity contribution in [1.82, 2.24) is 14.9 Å². The third-order valence-electron chi connectivity index (χ3n) is 5.49. The van der Waals surface area contributed by atoms with Crippen LogP contribution in [-0.2, 0) is 0 Å². The Morgan fingerprint density at radius 3 is 2.00 bits per heavy atom. The number of anilines is 1. The number of benzene rings is 1. The van der Waals surface area contributed by atoms with Crippen LogP contribution in [0.1, 0.15) is 32.1 Å². The monoisotopic (exact) mass is 390 g/mol. The van der Waals surface area contributed by atoms with E-state index < -0.39 is 0 Å². The fraction of sp³-hybridized carbons (Fsp3) is 0.500. The molecule has 1 aromatic heterocycles. The van der Waals surface area contributed by atoms with E-state index >= 15 is 0 Å². The molecule has 1 aromatic carbocycles. The molecule has 138 valence electrons. The zero-order valence-corrected chi connectivity index (χ0v) is 16.4. The second kappa shape index (κ2) is 8.12. The number of piperidine rings is 2. The Labute approximate surface area is 165 Å². The highest BCUT2D eigenvalue weighted by Crippen LogP contribution is 2.28. The fourth-order valence-corrected chi connectivity index (χ4v) is 4.59. The number of halogens is 2. The number of hydrogen-bond acceptors (Lipinski definition) is 4. The van der Waals surface area contributed by atoms with Gasteiger partial charge in [-0.15, -0.1) is 0 Å². The largest absolute Gasteiger partial charge is 0.341 e. The van der Waals surface area contributed by atoms with Gasteiger partial charge in [-0.2, -0.15) is 0 Å². The van der Waals surface area contributed by atoms with Crippen molar-refractivity contribution in [2.45, 2.75) is 38.1 Å². The normalized spacial score (nSPS) is 19.7. The Morgan fingerprint density at radius 1 is 0.769 bits per heavy atom. The Balaban J connectivity index is 1.40. The number of hydrogen-bond donors (Lipinski definition) is 0. The van der Waals surface area contributed by atoms with E-state index in [0.717, 1.165) is 36.2 Å². The van der Waals surface area contributed by atoms with Crippen LogP contribution in [0.2, 0.25) is 10.0 Å². The summed E-state index contributed by atoms with van der Waals surface area (Å²) in [7, 11) is 0. The molecule has 4 rings (SSSR count). The molecular formula is C20H24Cl2N4. The van der Waals surface area contributed by atoms with E-state index in [1.165, 1.54) is 45.2 Å². The summed E-state index contributed by atoms with van der Waals surface area (Å²) in [5.74, 6) is 0.818. The van der Waals surface area contributed by atoms with Crippen LogP contribution in [0.4, 0.5) is 5.95 Å². The number of likely N-dealkylation sites (tertiary alicyclic amines) is 1. The Morgan fingerprint density at radius 2 is 1.38 bits per heavy atom. The van der Waals surface area contributed by atoms with Crippen LogP contribution in [-0.4, -0.2) is 47.1 Å². The molecule has 2 aromatic rings. The SMILES string of the molecule is Clc1cc(Cl)cc(-c2cnc(N3CCC(N4CCCCC4)CC3)nc2)c1. The lowest BCUT2D eigenvalue weighted by Crippen LogP contribution is -2.47. The molecule has 6 heteroatoms. The maximum Gasteiger partial charge on any atom is 0.225 e. The van der Waals surface area contributed by atoms with Gasteiger partial charge in [-0.05, 0) is 62.5 Å². The van der Waals surface area contributed by atoms with Gasteiger partial charge < -0.3 is 9.80 Å². The first-order chi connectivity index (χ1) is 12.7. The number of nitrogens with zero attached hydrogens (tertiary/aromatic N) is 4. The van der Waals surface area contributed by atoms with Gasteiger partial charge in [0.1, 0.15) is 0 Å². The molecule has 4 nitrogen and oxygen atoms in total. The lowest BCUT2D eigenvalue weighted by atomic mass is 10.00. The van der Waals surface area contributed by atoms with E-state index in [2.05, 4.69) is 19.8 Å². The molecule has 0 spiro atoms. The van der Waals surface area contributed by atoms with Crippen molar-refractivity contribution in [2.24, 2.45) is 0 Å².